The Morgan fingerprint density at radius 2 is 2.00 bits per heavy atom. The van der Waals surface area contributed by atoms with Gasteiger partial charge in [0.1, 0.15) is 5.82 Å². The smallest absolute Gasteiger partial charge is 0.338 e. The Bertz CT molecular complexity index is 1020. The van der Waals surface area contributed by atoms with Gasteiger partial charge in [-0.1, -0.05) is 19.3 Å². The molecule has 2 aliphatic rings. The molecular formula is C23H29N3O4. The molecule has 2 aromatic rings. The molecule has 1 aliphatic carbocycles. The standard InChI is InChI=1S/C23H29N3O4/c1-3-25(17-8-5-4-6-9-17)21(27)15(2)30-23(29)16-11-12-18-19(14-16)24-20-10-7-13-26(20)22(18)28/h11-12,14-15,17H,3-10,13H2,1-2H3/t15-/m0/s1. The Balaban J connectivity index is 1.50. The van der Waals surface area contributed by atoms with Crippen LogP contribution >= 0.6 is 0 Å². The van der Waals surface area contributed by atoms with Crippen LogP contribution in [-0.2, 0) is 22.5 Å². The molecule has 0 bridgehead atoms. The average Bonchev–Trinajstić information content (AvgIpc) is 3.23. The van der Waals surface area contributed by atoms with Gasteiger partial charge in [0.15, 0.2) is 6.10 Å². The molecule has 7 nitrogen and oxygen atoms in total. The predicted molar refractivity (Wildman–Crippen MR) is 113 cm³/mol. The third-order valence-electron chi connectivity index (χ3n) is 6.32. The second-order valence-corrected chi connectivity index (χ2v) is 8.28. The van der Waals surface area contributed by atoms with E-state index in [-0.39, 0.29) is 17.5 Å². The first kappa shape index (κ1) is 20.6. The largest absolute Gasteiger partial charge is 0.449 e. The highest BCUT2D eigenvalue weighted by molar-refractivity contribution is 5.95. The maximum atomic E-state index is 12.9. The molecule has 4 rings (SSSR count). The van der Waals surface area contributed by atoms with E-state index < -0.39 is 12.1 Å². The Labute approximate surface area is 176 Å². The molecule has 0 radical (unpaired) electrons. The quantitative estimate of drug-likeness (QED) is 0.707. The van der Waals surface area contributed by atoms with Gasteiger partial charge >= 0.3 is 5.97 Å². The number of hydrogen-bond acceptors (Lipinski definition) is 5. The molecule has 1 atom stereocenters. The van der Waals surface area contributed by atoms with Crippen molar-refractivity contribution in [3.05, 3.63) is 39.9 Å². The first-order valence-electron chi connectivity index (χ1n) is 11.0. The van der Waals surface area contributed by atoms with Gasteiger partial charge in [0, 0.05) is 25.6 Å². The van der Waals surface area contributed by atoms with Gasteiger partial charge in [-0.3, -0.25) is 14.2 Å². The lowest BCUT2D eigenvalue weighted by Gasteiger charge is -2.35. The minimum Gasteiger partial charge on any atom is -0.449 e. The molecule has 2 heterocycles. The van der Waals surface area contributed by atoms with E-state index in [9.17, 15) is 14.4 Å². The summed E-state index contributed by atoms with van der Waals surface area (Å²) in [6.07, 6.45) is 6.32. The van der Waals surface area contributed by atoms with Crippen LogP contribution in [0.1, 0.15) is 68.6 Å². The van der Waals surface area contributed by atoms with Crippen LogP contribution in [0, 0.1) is 0 Å². The first-order valence-corrected chi connectivity index (χ1v) is 11.0. The van der Waals surface area contributed by atoms with E-state index in [1.54, 1.807) is 29.7 Å². The maximum Gasteiger partial charge on any atom is 0.338 e. The van der Waals surface area contributed by atoms with Crippen molar-refractivity contribution in [1.29, 1.82) is 0 Å². The molecule has 1 amide bonds. The fraction of sp³-hybridized carbons (Fsp3) is 0.565. The zero-order valence-corrected chi connectivity index (χ0v) is 17.7. The van der Waals surface area contributed by atoms with E-state index in [2.05, 4.69) is 4.98 Å². The van der Waals surface area contributed by atoms with Crippen LogP contribution in [0.15, 0.2) is 23.0 Å². The predicted octanol–water partition coefficient (Wildman–Crippen LogP) is 3.07. The molecule has 0 N–H and O–H groups in total. The number of rotatable bonds is 5. The zero-order chi connectivity index (χ0) is 21.3. The summed E-state index contributed by atoms with van der Waals surface area (Å²) in [5.41, 5.74) is 0.735. The van der Waals surface area contributed by atoms with Crippen molar-refractivity contribution in [2.24, 2.45) is 0 Å². The van der Waals surface area contributed by atoms with E-state index in [1.165, 1.54) is 6.42 Å². The molecule has 1 saturated carbocycles. The molecule has 0 saturated heterocycles. The highest BCUT2D eigenvalue weighted by Gasteiger charge is 2.29. The van der Waals surface area contributed by atoms with Crippen molar-refractivity contribution >= 4 is 22.8 Å². The number of nitrogens with zero attached hydrogens (tertiary/aromatic N) is 3. The van der Waals surface area contributed by atoms with Crippen molar-refractivity contribution in [2.75, 3.05) is 6.54 Å². The molecule has 1 aromatic heterocycles. The van der Waals surface area contributed by atoms with E-state index >= 15 is 0 Å². The van der Waals surface area contributed by atoms with Crippen LogP contribution in [0.3, 0.4) is 0 Å². The molecule has 160 valence electrons. The van der Waals surface area contributed by atoms with Gasteiger partial charge < -0.3 is 9.64 Å². The van der Waals surface area contributed by atoms with Gasteiger partial charge in [0.05, 0.1) is 16.5 Å². The van der Waals surface area contributed by atoms with Crippen LogP contribution in [-0.4, -0.2) is 45.0 Å². The van der Waals surface area contributed by atoms with E-state index in [0.717, 1.165) is 44.3 Å². The number of esters is 1. The van der Waals surface area contributed by atoms with Crippen LogP contribution in [0.4, 0.5) is 0 Å². The lowest BCUT2D eigenvalue weighted by Crippen LogP contribution is -2.46. The molecule has 30 heavy (non-hydrogen) atoms. The van der Waals surface area contributed by atoms with Crippen LogP contribution in [0.5, 0.6) is 0 Å². The first-order chi connectivity index (χ1) is 14.5. The van der Waals surface area contributed by atoms with Crippen molar-refractivity contribution in [1.82, 2.24) is 14.5 Å². The van der Waals surface area contributed by atoms with Crippen molar-refractivity contribution < 1.29 is 14.3 Å². The zero-order valence-electron chi connectivity index (χ0n) is 17.7. The molecular weight excluding hydrogens is 382 g/mol. The Hall–Kier alpha value is -2.70. The number of fused-ring (bicyclic) bond motifs is 2. The molecule has 0 spiro atoms. The third kappa shape index (κ3) is 3.85. The minimum absolute atomic E-state index is 0.0676. The topological polar surface area (TPSA) is 81.5 Å². The second-order valence-electron chi connectivity index (χ2n) is 8.28. The normalized spacial score (nSPS) is 17.5. The van der Waals surface area contributed by atoms with Gasteiger partial charge in [0.2, 0.25) is 0 Å². The number of likely N-dealkylation sites (N-methyl/N-ethyl adjacent to an activating group) is 1. The number of aryl methyl sites for hydroxylation is 1. The molecule has 1 fully saturated rings. The lowest BCUT2D eigenvalue weighted by molar-refractivity contribution is -0.142. The highest BCUT2D eigenvalue weighted by atomic mass is 16.5. The van der Waals surface area contributed by atoms with Crippen molar-refractivity contribution in [3.8, 4) is 0 Å². The number of carbonyl (C=O) groups is 2. The maximum absolute atomic E-state index is 12.9. The number of hydrogen-bond donors (Lipinski definition) is 0. The minimum atomic E-state index is -0.853. The highest BCUT2D eigenvalue weighted by Crippen LogP contribution is 2.24. The van der Waals surface area contributed by atoms with E-state index in [1.807, 2.05) is 11.8 Å². The van der Waals surface area contributed by atoms with Gasteiger partial charge in [-0.25, -0.2) is 9.78 Å². The monoisotopic (exact) mass is 411 g/mol. The summed E-state index contributed by atoms with van der Waals surface area (Å²) in [4.78, 5) is 44.6. The third-order valence-corrected chi connectivity index (χ3v) is 6.32. The Kier molecular flexibility index (Phi) is 5.88. The summed E-state index contributed by atoms with van der Waals surface area (Å²) < 4.78 is 7.20. The Morgan fingerprint density at radius 1 is 1.23 bits per heavy atom. The fourth-order valence-electron chi connectivity index (χ4n) is 4.71. The molecule has 7 heteroatoms. The average molecular weight is 412 g/mol. The fourth-order valence-corrected chi connectivity index (χ4v) is 4.71. The van der Waals surface area contributed by atoms with E-state index in [0.29, 0.717) is 29.6 Å². The number of carbonyl (C=O) groups excluding carboxylic acids is 2. The van der Waals surface area contributed by atoms with Gasteiger partial charge in [0.25, 0.3) is 11.5 Å². The van der Waals surface area contributed by atoms with E-state index in [4.69, 9.17) is 4.74 Å². The molecule has 1 aromatic carbocycles. The van der Waals surface area contributed by atoms with Gasteiger partial charge in [-0.05, 0) is 51.3 Å². The summed E-state index contributed by atoms with van der Waals surface area (Å²) in [7, 11) is 0. The summed E-state index contributed by atoms with van der Waals surface area (Å²) in [5, 5.41) is 0.496. The SMILES string of the molecule is CCN(C(=O)[C@H](C)OC(=O)c1ccc2c(=O)n3c(nc2c1)CCC3)C1CCCCC1. The van der Waals surface area contributed by atoms with Crippen molar-refractivity contribution in [3.63, 3.8) is 0 Å². The number of benzene rings is 1. The second kappa shape index (κ2) is 8.58. The number of ether oxygens (including phenoxy) is 1. The molecule has 1 aliphatic heterocycles. The van der Waals surface area contributed by atoms with Crippen LogP contribution in [0.2, 0.25) is 0 Å². The lowest BCUT2D eigenvalue weighted by atomic mass is 9.94. The number of amides is 1. The van der Waals surface area contributed by atoms with Crippen LogP contribution < -0.4 is 5.56 Å². The van der Waals surface area contributed by atoms with Gasteiger partial charge in [-0.15, -0.1) is 0 Å². The van der Waals surface area contributed by atoms with Crippen molar-refractivity contribution in [2.45, 2.75) is 77.5 Å². The Morgan fingerprint density at radius 3 is 2.73 bits per heavy atom. The summed E-state index contributed by atoms with van der Waals surface area (Å²) in [6.45, 7) is 4.90. The van der Waals surface area contributed by atoms with Gasteiger partial charge in [-0.2, -0.15) is 0 Å². The summed E-state index contributed by atoms with van der Waals surface area (Å²) in [6, 6.07) is 5.02. The molecule has 0 unspecified atom stereocenters. The number of aromatic nitrogens is 2. The summed E-state index contributed by atoms with van der Waals surface area (Å²) >= 11 is 0. The summed E-state index contributed by atoms with van der Waals surface area (Å²) in [5.74, 6) is 0.0419. The van der Waals surface area contributed by atoms with Crippen LogP contribution in [0.25, 0.3) is 10.9 Å².